The van der Waals surface area contributed by atoms with Crippen LogP contribution in [0.1, 0.15) is 0 Å². The predicted molar refractivity (Wildman–Crippen MR) is 46.0 cm³/mol. The topological polar surface area (TPSA) is 46.5 Å². The van der Waals surface area contributed by atoms with Gasteiger partial charge in [0.15, 0.2) is 0 Å². The zero-order valence-electron chi connectivity index (χ0n) is 6.25. The minimum atomic E-state index is -2.25. The van der Waals surface area contributed by atoms with Gasteiger partial charge in [-0.2, -0.15) is 4.89 Å². The minimum Gasteiger partial charge on any atom is -0.461 e. The molecule has 0 saturated carbocycles. The van der Waals surface area contributed by atoms with Gasteiger partial charge in [-0.3, -0.25) is 0 Å². The summed E-state index contributed by atoms with van der Waals surface area (Å²) in [6.07, 6.45) is 1.20. The number of ether oxygens (including phenoxy) is 1. The average molecular weight is 183 g/mol. The summed E-state index contributed by atoms with van der Waals surface area (Å²) < 4.78 is 15.2. The summed E-state index contributed by atoms with van der Waals surface area (Å²) in [4.78, 5) is 8.37. The molecule has 1 atom stereocenters. The van der Waals surface area contributed by atoms with E-state index in [1.54, 1.807) is 12.1 Å². The summed E-state index contributed by atoms with van der Waals surface area (Å²) in [5.41, 5.74) is 0. The number of benzene rings is 1. The summed E-state index contributed by atoms with van der Waals surface area (Å²) in [5, 5.41) is 0. The molecule has 4 heteroatoms. The van der Waals surface area contributed by atoms with Crippen LogP contribution in [0, 0.1) is 0 Å². The Morgan fingerprint density at radius 3 is 2.58 bits per heavy atom. The second-order valence-electron chi connectivity index (χ2n) is 2.02. The third-order valence-corrected chi connectivity index (χ3v) is 1.51. The van der Waals surface area contributed by atoms with Gasteiger partial charge in [0.1, 0.15) is 12.0 Å². The first kappa shape index (κ1) is 8.91. The van der Waals surface area contributed by atoms with Crippen LogP contribution in [0.3, 0.4) is 0 Å². The molecular formula is C8H8O3P+. The molecule has 1 unspecified atom stereocenters. The molecule has 0 amide bonds. The average Bonchev–Trinajstić information content (AvgIpc) is 2.05. The minimum absolute atomic E-state index is 0.644. The maximum Gasteiger partial charge on any atom is 0.541 e. The van der Waals surface area contributed by atoms with Crippen molar-refractivity contribution in [1.29, 1.82) is 0 Å². The van der Waals surface area contributed by atoms with Crippen molar-refractivity contribution in [2.45, 2.75) is 0 Å². The normalized spacial score (nSPS) is 11.6. The van der Waals surface area contributed by atoms with Crippen molar-refractivity contribution >= 4 is 8.03 Å². The fraction of sp³-hybridized carbons (Fsp3) is 0. The Kier molecular flexibility index (Phi) is 3.45. The van der Waals surface area contributed by atoms with E-state index in [1.165, 1.54) is 6.26 Å². The summed E-state index contributed by atoms with van der Waals surface area (Å²) in [7, 11) is -2.25. The van der Waals surface area contributed by atoms with E-state index in [-0.39, 0.29) is 0 Å². The van der Waals surface area contributed by atoms with E-state index in [1.807, 2.05) is 18.2 Å². The van der Waals surface area contributed by atoms with Gasteiger partial charge in [0, 0.05) is 0 Å². The summed E-state index contributed by atoms with van der Waals surface area (Å²) in [6, 6.07) is 9.02. The number of rotatable bonds is 3. The number of hydrogen-bond donors (Lipinski definition) is 1. The van der Waals surface area contributed by atoms with Crippen molar-refractivity contribution < 1.29 is 14.2 Å². The highest BCUT2D eigenvalue weighted by molar-refractivity contribution is 7.41. The van der Waals surface area contributed by atoms with Gasteiger partial charge in [-0.25, -0.2) is 0 Å². The molecule has 62 valence electrons. The van der Waals surface area contributed by atoms with Crippen LogP contribution in [0.25, 0.3) is 0 Å². The van der Waals surface area contributed by atoms with Gasteiger partial charge in [-0.1, -0.05) is 18.2 Å². The molecule has 0 aliphatic carbocycles. The van der Waals surface area contributed by atoms with E-state index < -0.39 is 8.03 Å². The molecule has 1 N–H and O–H groups in total. The lowest BCUT2D eigenvalue weighted by atomic mass is 10.3. The maximum absolute atomic E-state index is 10.2. The Labute approximate surface area is 71.2 Å². The number of hydrogen-bond acceptors (Lipinski definition) is 2. The lowest BCUT2D eigenvalue weighted by Gasteiger charge is -1.94. The second kappa shape index (κ2) is 4.65. The van der Waals surface area contributed by atoms with Gasteiger partial charge in [0.2, 0.25) is 5.82 Å². The van der Waals surface area contributed by atoms with Crippen molar-refractivity contribution in [3.8, 4) is 5.75 Å². The van der Waals surface area contributed by atoms with E-state index >= 15 is 0 Å². The van der Waals surface area contributed by atoms with Crippen molar-refractivity contribution in [1.82, 2.24) is 0 Å². The second-order valence-corrected chi connectivity index (χ2v) is 2.92. The van der Waals surface area contributed by atoms with Crippen molar-refractivity contribution in [2.75, 3.05) is 0 Å². The van der Waals surface area contributed by atoms with Gasteiger partial charge in [0.25, 0.3) is 0 Å². The highest BCUT2D eigenvalue weighted by atomic mass is 31.1. The summed E-state index contributed by atoms with van der Waals surface area (Å²) in [6.45, 7) is 0. The van der Waals surface area contributed by atoms with Crippen molar-refractivity contribution in [3.63, 3.8) is 0 Å². The Hall–Kier alpha value is -1.18. The van der Waals surface area contributed by atoms with Crippen LogP contribution in [-0.4, -0.2) is 4.89 Å². The molecule has 0 aliphatic heterocycles. The maximum atomic E-state index is 10.2. The third kappa shape index (κ3) is 3.28. The van der Waals surface area contributed by atoms with Gasteiger partial charge in [0.05, 0.1) is 0 Å². The van der Waals surface area contributed by atoms with Gasteiger partial charge in [-0.15, -0.1) is 0 Å². The van der Waals surface area contributed by atoms with Crippen molar-refractivity contribution in [3.05, 3.63) is 42.4 Å². The van der Waals surface area contributed by atoms with E-state index in [9.17, 15) is 4.57 Å². The zero-order chi connectivity index (χ0) is 8.81. The quantitative estimate of drug-likeness (QED) is 0.577. The van der Waals surface area contributed by atoms with Gasteiger partial charge in [-0.05, 0) is 16.7 Å². The van der Waals surface area contributed by atoms with Crippen LogP contribution < -0.4 is 4.74 Å². The Bertz CT molecular complexity index is 282. The molecule has 0 bridgehead atoms. The molecule has 0 aromatic heterocycles. The zero-order valence-corrected chi connectivity index (χ0v) is 7.15. The molecule has 0 radical (unpaired) electrons. The van der Waals surface area contributed by atoms with Crippen LogP contribution in [0.4, 0.5) is 0 Å². The highest BCUT2D eigenvalue weighted by Crippen LogP contribution is 2.15. The molecule has 0 spiro atoms. The molecule has 1 rings (SSSR count). The van der Waals surface area contributed by atoms with Crippen LogP contribution in [0.2, 0.25) is 0 Å². The Morgan fingerprint density at radius 2 is 2.00 bits per heavy atom. The fourth-order valence-corrected chi connectivity index (χ4v) is 0.825. The Balaban J connectivity index is 2.49. The van der Waals surface area contributed by atoms with Crippen LogP contribution in [0.5, 0.6) is 5.75 Å². The molecule has 1 aromatic carbocycles. The van der Waals surface area contributed by atoms with Crippen LogP contribution in [-0.2, 0) is 4.57 Å². The molecule has 12 heavy (non-hydrogen) atoms. The molecule has 0 heterocycles. The monoisotopic (exact) mass is 183 g/mol. The van der Waals surface area contributed by atoms with Crippen LogP contribution >= 0.6 is 8.03 Å². The third-order valence-electron chi connectivity index (χ3n) is 1.14. The molecule has 0 fully saturated rings. The molecular weight excluding hydrogens is 175 g/mol. The summed E-state index contributed by atoms with van der Waals surface area (Å²) in [5.74, 6) is 1.73. The summed E-state index contributed by atoms with van der Waals surface area (Å²) >= 11 is 0. The largest absolute Gasteiger partial charge is 0.541 e. The first-order valence-electron chi connectivity index (χ1n) is 3.32. The lowest BCUT2D eigenvalue weighted by Crippen LogP contribution is -1.78. The number of para-hydroxylation sites is 1. The Morgan fingerprint density at radius 1 is 1.33 bits per heavy atom. The predicted octanol–water partition coefficient (Wildman–Crippen LogP) is 2.27. The first-order valence-corrected chi connectivity index (χ1v) is 4.61. The van der Waals surface area contributed by atoms with E-state index in [4.69, 9.17) is 9.63 Å². The fourth-order valence-electron chi connectivity index (χ4n) is 0.660. The first-order chi connectivity index (χ1) is 5.79. The van der Waals surface area contributed by atoms with E-state index in [0.29, 0.717) is 5.75 Å². The van der Waals surface area contributed by atoms with Gasteiger partial charge < -0.3 is 4.74 Å². The van der Waals surface area contributed by atoms with E-state index in [0.717, 1.165) is 5.82 Å². The molecule has 1 aromatic rings. The van der Waals surface area contributed by atoms with Crippen LogP contribution in [0.15, 0.2) is 42.4 Å². The van der Waals surface area contributed by atoms with Gasteiger partial charge >= 0.3 is 8.03 Å². The molecule has 0 saturated heterocycles. The standard InChI is InChI=1S/C8H7O3P/c9-12(10)7-6-11-8-4-2-1-3-5-8/h1-7H/p+1. The molecule has 3 nitrogen and oxygen atoms in total. The van der Waals surface area contributed by atoms with Crippen molar-refractivity contribution in [2.24, 2.45) is 0 Å². The lowest BCUT2D eigenvalue weighted by molar-refractivity contribution is 0.478. The highest BCUT2D eigenvalue weighted by Gasteiger charge is 2.00. The van der Waals surface area contributed by atoms with E-state index in [2.05, 4.69) is 0 Å². The SMILES string of the molecule is O=[P+](O)C=COc1ccccc1. The molecule has 0 aliphatic rings. The smallest absolute Gasteiger partial charge is 0.461 e.